The van der Waals surface area contributed by atoms with Crippen LogP contribution in [-0.4, -0.2) is 39.6 Å². The van der Waals surface area contributed by atoms with Gasteiger partial charge in [0.05, 0.1) is 6.04 Å². The van der Waals surface area contributed by atoms with E-state index in [0.717, 1.165) is 10.2 Å². The Morgan fingerprint density at radius 3 is 2.18 bits per heavy atom. The maximum atomic E-state index is 13.1. The molecule has 0 saturated carbocycles. The van der Waals surface area contributed by atoms with Gasteiger partial charge in [-0.2, -0.15) is 4.68 Å². The SMILES string of the molecule is CCn1nc(C(=O)[C@H](CC(C)C)NC(=O)[C@H](CC(C)C)NC(=O)OCc2ccccc2)oc1=O. The Labute approximate surface area is 199 Å². The van der Waals surface area contributed by atoms with Gasteiger partial charge in [0.25, 0.3) is 5.89 Å². The zero-order chi connectivity index (χ0) is 25.3. The Kier molecular flexibility index (Phi) is 10.0. The summed E-state index contributed by atoms with van der Waals surface area (Å²) in [6.07, 6.45) is -0.0850. The number of aryl methyl sites for hydroxylation is 1. The van der Waals surface area contributed by atoms with E-state index >= 15 is 0 Å². The Morgan fingerprint density at radius 2 is 1.62 bits per heavy atom. The molecule has 0 saturated heterocycles. The fourth-order valence-corrected chi connectivity index (χ4v) is 3.34. The molecule has 0 aliphatic heterocycles. The highest BCUT2D eigenvalue weighted by atomic mass is 16.5. The minimum Gasteiger partial charge on any atom is -0.445 e. The zero-order valence-corrected chi connectivity index (χ0v) is 20.4. The van der Waals surface area contributed by atoms with Gasteiger partial charge in [-0.25, -0.2) is 9.59 Å². The first-order chi connectivity index (χ1) is 16.1. The van der Waals surface area contributed by atoms with Gasteiger partial charge in [-0.3, -0.25) is 9.59 Å². The van der Waals surface area contributed by atoms with Gasteiger partial charge in [0.1, 0.15) is 12.6 Å². The molecule has 0 aliphatic carbocycles. The third-order valence-electron chi connectivity index (χ3n) is 4.99. The van der Waals surface area contributed by atoms with Gasteiger partial charge in [0, 0.05) is 6.54 Å². The van der Waals surface area contributed by atoms with Crippen molar-refractivity contribution in [3.63, 3.8) is 0 Å². The summed E-state index contributed by atoms with van der Waals surface area (Å²) in [7, 11) is 0. The zero-order valence-electron chi connectivity index (χ0n) is 20.4. The molecule has 0 bridgehead atoms. The Morgan fingerprint density at radius 1 is 1.00 bits per heavy atom. The number of nitrogens with one attached hydrogen (secondary N) is 2. The molecule has 2 rings (SSSR count). The van der Waals surface area contributed by atoms with Crippen LogP contribution in [0.25, 0.3) is 0 Å². The van der Waals surface area contributed by atoms with Crippen molar-refractivity contribution in [2.75, 3.05) is 0 Å². The van der Waals surface area contributed by atoms with E-state index in [1.54, 1.807) is 6.92 Å². The number of hydrogen-bond acceptors (Lipinski definition) is 7. The van der Waals surface area contributed by atoms with Gasteiger partial charge in [0.2, 0.25) is 11.7 Å². The lowest BCUT2D eigenvalue weighted by Gasteiger charge is -2.24. The quantitative estimate of drug-likeness (QED) is 0.452. The van der Waals surface area contributed by atoms with Crippen molar-refractivity contribution in [2.45, 2.75) is 72.7 Å². The minimum atomic E-state index is -0.965. The lowest BCUT2D eigenvalue weighted by atomic mass is 9.98. The lowest BCUT2D eigenvalue weighted by Crippen LogP contribution is -2.52. The molecule has 2 amide bonds. The highest BCUT2D eigenvalue weighted by molar-refractivity contribution is 5.99. The van der Waals surface area contributed by atoms with E-state index < -0.39 is 35.6 Å². The number of carbonyl (C=O) groups is 3. The van der Waals surface area contributed by atoms with Gasteiger partial charge in [-0.15, -0.1) is 5.10 Å². The maximum absolute atomic E-state index is 13.1. The number of ether oxygens (including phenoxy) is 1. The summed E-state index contributed by atoms with van der Waals surface area (Å²) in [5, 5.41) is 9.21. The maximum Gasteiger partial charge on any atom is 0.437 e. The topological polar surface area (TPSA) is 133 Å². The monoisotopic (exact) mass is 474 g/mol. The molecule has 186 valence electrons. The van der Waals surface area contributed by atoms with E-state index in [-0.39, 0.29) is 30.9 Å². The third-order valence-corrected chi connectivity index (χ3v) is 4.99. The van der Waals surface area contributed by atoms with Crippen LogP contribution in [0.2, 0.25) is 0 Å². The molecule has 2 atom stereocenters. The van der Waals surface area contributed by atoms with E-state index in [2.05, 4.69) is 15.7 Å². The number of rotatable bonds is 12. The molecule has 0 spiro atoms. The number of nitrogens with zero attached hydrogens (tertiary/aromatic N) is 2. The standard InChI is InChI=1S/C24H34N4O6/c1-6-28-24(32)34-22(27-28)20(29)18(12-15(2)3)25-21(30)19(13-16(4)5)26-23(31)33-14-17-10-8-7-9-11-17/h7-11,15-16,18-19H,6,12-14H2,1-5H3,(H,25,30)(H,26,31)/t18-,19-/m0/s1. The van der Waals surface area contributed by atoms with E-state index in [4.69, 9.17) is 9.15 Å². The van der Waals surface area contributed by atoms with Gasteiger partial charge >= 0.3 is 11.8 Å². The molecule has 2 aromatic rings. The molecule has 34 heavy (non-hydrogen) atoms. The lowest BCUT2D eigenvalue weighted by molar-refractivity contribution is -0.124. The molecule has 0 radical (unpaired) electrons. The number of ketones is 1. The summed E-state index contributed by atoms with van der Waals surface area (Å²) in [5.74, 6) is -2.07. The summed E-state index contributed by atoms with van der Waals surface area (Å²) in [5.41, 5.74) is 0.818. The summed E-state index contributed by atoms with van der Waals surface area (Å²) >= 11 is 0. The Bertz CT molecular complexity index is 1010. The number of alkyl carbamates (subject to hydrolysis) is 1. The highest BCUT2D eigenvalue weighted by Gasteiger charge is 2.31. The molecular weight excluding hydrogens is 440 g/mol. The summed E-state index contributed by atoms with van der Waals surface area (Å²) < 4.78 is 11.3. The first-order valence-corrected chi connectivity index (χ1v) is 11.5. The van der Waals surface area contributed by atoms with Crippen molar-refractivity contribution in [3.8, 4) is 0 Å². The molecule has 10 heteroatoms. The van der Waals surface area contributed by atoms with Crippen LogP contribution in [0.4, 0.5) is 4.79 Å². The van der Waals surface area contributed by atoms with Crippen LogP contribution in [0, 0.1) is 11.8 Å². The van der Waals surface area contributed by atoms with Gasteiger partial charge in [0.15, 0.2) is 0 Å². The first-order valence-electron chi connectivity index (χ1n) is 11.5. The number of aromatic nitrogens is 2. The molecule has 1 aromatic heterocycles. The number of carbonyl (C=O) groups excluding carboxylic acids is 3. The van der Waals surface area contributed by atoms with Crippen molar-refractivity contribution in [1.29, 1.82) is 0 Å². The Hall–Kier alpha value is -3.43. The average Bonchev–Trinajstić information content (AvgIpc) is 3.17. The minimum absolute atomic E-state index is 0.0570. The van der Waals surface area contributed by atoms with Crippen molar-refractivity contribution in [3.05, 3.63) is 52.3 Å². The second-order valence-electron chi connectivity index (χ2n) is 8.93. The normalized spacial score (nSPS) is 12.9. The fourth-order valence-electron chi connectivity index (χ4n) is 3.34. The molecule has 10 nitrogen and oxygen atoms in total. The van der Waals surface area contributed by atoms with Gasteiger partial charge in [-0.05, 0) is 37.2 Å². The van der Waals surface area contributed by atoms with E-state index in [1.807, 2.05) is 58.0 Å². The van der Waals surface area contributed by atoms with Gasteiger partial charge < -0.3 is 19.8 Å². The second-order valence-corrected chi connectivity index (χ2v) is 8.93. The highest BCUT2D eigenvalue weighted by Crippen LogP contribution is 2.12. The molecule has 0 unspecified atom stereocenters. The molecule has 0 fully saturated rings. The molecule has 1 heterocycles. The van der Waals surface area contributed by atoms with Crippen LogP contribution in [0.5, 0.6) is 0 Å². The number of amides is 2. The second kappa shape index (κ2) is 12.7. The third kappa shape index (κ3) is 8.17. The average molecular weight is 475 g/mol. The molecular formula is C24H34N4O6. The number of hydrogen-bond donors (Lipinski definition) is 2. The molecule has 2 N–H and O–H groups in total. The molecule has 0 aliphatic rings. The van der Waals surface area contributed by atoms with Gasteiger partial charge in [-0.1, -0.05) is 58.0 Å². The van der Waals surface area contributed by atoms with E-state index in [9.17, 15) is 19.2 Å². The van der Waals surface area contributed by atoms with Crippen LogP contribution in [0.1, 0.15) is 63.7 Å². The predicted octanol–water partition coefficient (Wildman–Crippen LogP) is 2.91. The summed E-state index contributed by atoms with van der Waals surface area (Å²) in [6, 6.07) is 7.31. The van der Waals surface area contributed by atoms with Crippen molar-refractivity contribution < 1.29 is 23.5 Å². The van der Waals surface area contributed by atoms with Crippen LogP contribution in [0.3, 0.4) is 0 Å². The summed E-state index contributed by atoms with van der Waals surface area (Å²) in [6.45, 7) is 9.65. The number of benzene rings is 1. The van der Waals surface area contributed by atoms with Crippen LogP contribution < -0.4 is 16.4 Å². The smallest absolute Gasteiger partial charge is 0.437 e. The first kappa shape index (κ1) is 26.8. The van der Waals surface area contributed by atoms with E-state index in [0.29, 0.717) is 12.8 Å². The van der Waals surface area contributed by atoms with E-state index in [1.165, 1.54) is 0 Å². The van der Waals surface area contributed by atoms with Crippen molar-refractivity contribution >= 4 is 17.8 Å². The fraction of sp³-hybridized carbons (Fsp3) is 0.542. The largest absolute Gasteiger partial charge is 0.445 e. The van der Waals surface area contributed by atoms with Crippen molar-refractivity contribution in [1.82, 2.24) is 20.4 Å². The van der Waals surface area contributed by atoms with Crippen LogP contribution >= 0.6 is 0 Å². The van der Waals surface area contributed by atoms with Crippen molar-refractivity contribution in [2.24, 2.45) is 11.8 Å². The predicted molar refractivity (Wildman–Crippen MR) is 125 cm³/mol. The summed E-state index contributed by atoms with van der Waals surface area (Å²) in [4.78, 5) is 50.2. The Balaban J connectivity index is 2.11. The van der Waals surface area contributed by atoms with Crippen LogP contribution in [-0.2, 0) is 22.7 Å². The molecule has 1 aromatic carbocycles. The van der Waals surface area contributed by atoms with Crippen LogP contribution in [0.15, 0.2) is 39.5 Å². The number of Topliss-reactive ketones (excluding diaryl/α,β-unsaturated/α-hetero) is 1.